The first-order valence-corrected chi connectivity index (χ1v) is 6.13. The first-order chi connectivity index (χ1) is 9.10. The van der Waals surface area contributed by atoms with Crippen molar-refractivity contribution in [3.63, 3.8) is 0 Å². The molecule has 2 aromatic rings. The maximum absolute atomic E-state index is 13.3. The zero-order valence-corrected chi connectivity index (χ0v) is 10.9. The highest BCUT2D eigenvalue weighted by molar-refractivity contribution is 5.66. The minimum atomic E-state index is -0.544. The second kappa shape index (κ2) is 5.80. The Kier molecular flexibility index (Phi) is 4.12. The third-order valence-electron chi connectivity index (χ3n) is 2.60. The molecule has 1 heterocycles. The van der Waals surface area contributed by atoms with Crippen molar-refractivity contribution in [3.05, 3.63) is 47.9 Å². The zero-order valence-electron chi connectivity index (χ0n) is 10.9. The topological polar surface area (TPSA) is 42.4 Å². The van der Waals surface area contributed by atoms with Crippen LogP contribution in [0, 0.1) is 5.95 Å². The second-order valence-corrected chi connectivity index (χ2v) is 4.50. The number of ether oxygens (including phenoxy) is 1. The number of pyridine rings is 1. The van der Waals surface area contributed by atoms with Crippen molar-refractivity contribution in [2.75, 3.05) is 0 Å². The van der Waals surface area contributed by atoms with Crippen LogP contribution in [0.4, 0.5) is 4.39 Å². The van der Waals surface area contributed by atoms with Crippen molar-refractivity contribution in [3.8, 4) is 17.0 Å². The number of benzene rings is 1. The van der Waals surface area contributed by atoms with E-state index in [1.54, 1.807) is 30.3 Å². The number of halogens is 1. The molecule has 19 heavy (non-hydrogen) atoms. The van der Waals surface area contributed by atoms with E-state index in [9.17, 15) is 4.39 Å². The summed E-state index contributed by atoms with van der Waals surface area (Å²) in [5, 5.41) is 9.02. The van der Waals surface area contributed by atoms with Gasteiger partial charge in [0.2, 0.25) is 5.95 Å². The molecular weight excluding hydrogens is 245 g/mol. The van der Waals surface area contributed by atoms with Crippen LogP contribution in [-0.2, 0) is 6.61 Å². The van der Waals surface area contributed by atoms with Crippen molar-refractivity contribution in [1.82, 2.24) is 4.98 Å². The fourth-order valence-electron chi connectivity index (χ4n) is 1.75. The van der Waals surface area contributed by atoms with Gasteiger partial charge in [0.1, 0.15) is 11.4 Å². The van der Waals surface area contributed by atoms with Gasteiger partial charge < -0.3 is 9.84 Å². The van der Waals surface area contributed by atoms with Crippen LogP contribution in [0.5, 0.6) is 5.75 Å². The molecule has 0 aliphatic heterocycles. The van der Waals surface area contributed by atoms with Crippen LogP contribution in [0.15, 0.2) is 36.4 Å². The summed E-state index contributed by atoms with van der Waals surface area (Å²) >= 11 is 0. The molecule has 1 aromatic heterocycles. The molecule has 0 atom stereocenters. The number of hydrogen-bond donors (Lipinski definition) is 1. The van der Waals surface area contributed by atoms with Gasteiger partial charge in [-0.15, -0.1) is 0 Å². The molecule has 0 unspecified atom stereocenters. The van der Waals surface area contributed by atoms with E-state index in [0.717, 1.165) is 11.1 Å². The van der Waals surface area contributed by atoms with E-state index in [2.05, 4.69) is 4.98 Å². The van der Waals surface area contributed by atoms with Crippen molar-refractivity contribution in [2.45, 2.75) is 26.6 Å². The molecular formula is C15H16FNO2. The normalized spacial score (nSPS) is 10.8. The molecule has 4 heteroatoms. The Bertz CT molecular complexity index is 553. The number of aliphatic hydroxyl groups is 1. The number of aromatic nitrogens is 1. The minimum absolute atomic E-state index is 0.0114. The molecule has 0 bridgehead atoms. The van der Waals surface area contributed by atoms with E-state index in [0.29, 0.717) is 11.4 Å². The highest BCUT2D eigenvalue weighted by Crippen LogP contribution is 2.29. The lowest BCUT2D eigenvalue weighted by molar-refractivity contribution is 0.242. The Morgan fingerprint density at radius 3 is 2.42 bits per heavy atom. The monoisotopic (exact) mass is 261 g/mol. The number of rotatable bonds is 4. The van der Waals surface area contributed by atoms with Gasteiger partial charge in [0.15, 0.2) is 0 Å². The molecule has 2 rings (SSSR count). The van der Waals surface area contributed by atoms with Gasteiger partial charge in [-0.2, -0.15) is 4.39 Å². The third-order valence-corrected chi connectivity index (χ3v) is 2.60. The molecule has 0 fully saturated rings. The van der Waals surface area contributed by atoms with Crippen molar-refractivity contribution in [1.29, 1.82) is 0 Å². The Balaban J connectivity index is 2.43. The summed E-state index contributed by atoms with van der Waals surface area (Å²) in [5.74, 6) is 0.00508. The predicted molar refractivity (Wildman–Crippen MR) is 71.3 cm³/mol. The summed E-state index contributed by atoms with van der Waals surface area (Å²) in [6, 6.07) is 10.0. The van der Waals surface area contributed by atoms with Gasteiger partial charge in [-0.05, 0) is 31.5 Å². The number of hydrogen-bond acceptors (Lipinski definition) is 3. The lowest BCUT2D eigenvalue weighted by Gasteiger charge is -2.13. The van der Waals surface area contributed by atoms with E-state index in [-0.39, 0.29) is 12.7 Å². The zero-order chi connectivity index (χ0) is 13.8. The average Bonchev–Trinajstić information content (AvgIpc) is 2.40. The van der Waals surface area contributed by atoms with Crippen LogP contribution in [0.2, 0.25) is 0 Å². The summed E-state index contributed by atoms with van der Waals surface area (Å²) in [6.07, 6.45) is -0.0114. The SMILES string of the molecule is CC(C)Oc1ccc(F)nc1-c1ccc(CO)cc1. The molecule has 3 nitrogen and oxygen atoms in total. The van der Waals surface area contributed by atoms with Gasteiger partial charge in [0.25, 0.3) is 0 Å². The van der Waals surface area contributed by atoms with Gasteiger partial charge in [0.05, 0.1) is 12.7 Å². The fraction of sp³-hybridized carbons (Fsp3) is 0.267. The summed E-state index contributed by atoms with van der Waals surface area (Å²) in [7, 11) is 0. The second-order valence-electron chi connectivity index (χ2n) is 4.50. The van der Waals surface area contributed by atoms with Crippen molar-refractivity contribution < 1.29 is 14.2 Å². The lowest BCUT2D eigenvalue weighted by atomic mass is 10.1. The fourth-order valence-corrected chi connectivity index (χ4v) is 1.75. The molecule has 0 amide bonds. The molecule has 0 aliphatic rings. The Morgan fingerprint density at radius 1 is 1.16 bits per heavy atom. The first-order valence-electron chi connectivity index (χ1n) is 6.13. The van der Waals surface area contributed by atoms with E-state index in [4.69, 9.17) is 9.84 Å². The van der Waals surface area contributed by atoms with E-state index < -0.39 is 5.95 Å². The molecule has 0 radical (unpaired) electrons. The largest absolute Gasteiger partial charge is 0.489 e. The quantitative estimate of drug-likeness (QED) is 0.860. The number of aliphatic hydroxyl groups excluding tert-OH is 1. The summed E-state index contributed by atoms with van der Waals surface area (Å²) < 4.78 is 18.9. The lowest BCUT2D eigenvalue weighted by Crippen LogP contribution is -2.07. The van der Waals surface area contributed by atoms with Crippen LogP contribution >= 0.6 is 0 Å². The van der Waals surface area contributed by atoms with Gasteiger partial charge in [0, 0.05) is 5.56 Å². The van der Waals surface area contributed by atoms with E-state index in [1.165, 1.54) is 6.07 Å². The molecule has 100 valence electrons. The summed E-state index contributed by atoms with van der Waals surface area (Å²) in [4.78, 5) is 3.90. The van der Waals surface area contributed by atoms with Crippen LogP contribution in [0.25, 0.3) is 11.3 Å². The van der Waals surface area contributed by atoms with E-state index >= 15 is 0 Å². The van der Waals surface area contributed by atoms with E-state index in [1.807, 2.05) is 13.8 Å². The minimum Gasteiger partial charge on any atom is -0.489 e. The van der Waals surface area contributed by atoms with Crippen LogP contribution in [-0.4, -0.2) is 16.2 Å². The highest BCUT2D eigenvalue weighted by atomic mass is 19.1. The summed E-state index contributed by atoms with van der Waals surface area (Å²) in [6.45, 7) is 3.79. The average molecular weight is 261 g/mol. The number of nitrogens with zero attached hydrogens (tertiary/aromatic N) is 1. The van der Waals surface area contributed by atoms with Gasteiger partial charge in [-0.1, -0.05) is 24.3 Å². The Hall–Kier alpha value is -1.94. The smallest absolute Gasteiger partial charge is 0.213 e. The Morgan fingerprint density at radius 2 is 1.84 bits per heavy atom. The van der Waals surface area contributed by atoms with Crippen molar-refractivity contribution >= 4 is 0 Å². The predicted octanol–water partition coefficient (Wildman–Crippen LogP) is 3.17. The van der Waals surface area contributed by atoms with Crippen LogP contribution in [0.1, 0.15) is 19.4 Å². The highest BCUT2D eigenvalue weighted by Gasteiger charge is 2.11. The molecule has 1 N–H and O–H groups in total. The standard InChI is InChI=1S/C15H16FNO2/c1-10(2)19-13-7-8-14(16)17-15(13)12-5-3-11(9-18)4-6-12/h3-8,10,18H,9H2,1-2H3. The van der Waals surface area contributed by atoms with Crippen LogP contribution < -0.4 is 4.74 Å². The van der Waals surface area contributed by atoms with Crippen molar-refractivity contribution in [2.24, 2.45) is 0 Å². The van der Waals surface area contributed by atoms with Gasteiger partial charge in [-0.25, -0.2) is 4.98 Å². The molecule has 0 saturated carbocycles. The molecule has 0 aliphatic carbocycles. The molecule has 0 saturated heterocycles. The van der Waals surface area contributed by atoms with Gasteiger partial charge >= 0.3 is 0 Å². The Labute approximate surface area is 111 Å². The first kappa shape index (κ1) is 13.5. The summed E-state index contributed by atoms with van der Waals surface area (Å²) in [5.41, 5.74) is 2.03. The molecule has 1 aromatic carbocycles. The van der Waals surface area contributed by atoms with Crippen LogP contribution in [0.3, 0.4) is 0 Å². The molecule has 0 spiro atoms. The van der Waals surface area contributed by atoms with Gasteiger partial charge in [-0.3, -0.25) is 0 Å². The third kappa shape index (κ3) is 3.29. The maximum Gasteiger partial charge on any atom is 0.213 e. The maximum atomic E-state index is 13.3.